The number of nitrogen functional groups attached to an aromatic ring is 1. The average molecular weight is 543 g/mol. The van der Waals surface area contributed by atoms with Crippen molar-refractivity contribution in [3.63, 3.8) is 0 Å². The molecule has 2 aromatic carbocycles. The molecule has 2 aromatic heterocycles. The molecule has 9 nitrogen and oxygen atoms in total. The highest BCUT2D eigenvalue weighted by atomic mass is 32.1. The second-order valence-electron chi connectivity index (χ2n) is 10.2. The first-order chi connectivity index (χ1) is 18.8. The van der Waals surface area contributed by atoms with E-state index in [0.29, 0.717) is 49.0 Å². The lowest BCUT2D eigenvalue weighted by atomic mass is 9.72. The number of nitrogens with two attached hydrogens (primary N) is 4. The standard InChI is InChI=1S/C29H30N6O3S/c30-18-8-4-5-9-20(18)35-28(37)26-23-22-17(11-12-19(31)25(22)39-26)29(33,27(36)24(23)32)21-13-10-16(14-34-21)38-15-6-2-1-3-7-15/h1-3,6-7,10-14,18,20,24H,4-5,8-9,30-33H2,(H,35,37)/t18-,20+,24?,29?/m0/s1. The zero-order valence-electron chi connectivity index (χ0n) is 21.2. The van der Waals surface area contributed by atoms with E-state index in [-0.39, 0.29) is 18.0 Å². The number of benzene rings is 2. The maximum Gasteiger partial charge on any atom is 0.262 e. The Kier molecular flexibility index (Phi) is 6.35. The van der Waals surface area contributed by atoms with Gasteiger partial charge < -0.3 is 33.0 Å². The second-order valence-corrected chi connectivity index (χ2v) is 11.2. The largest absolute Gasteiger partial charge is 0.456 e. The quantitative estimate of drug-likeness (QED) is 0.239. The van der Waals surface area contributed by atoms with Crippen molar-refractivity contribution in [2.75, 3.05) is 5.73 Å². The molecule has 1 fully saturated rings. The number of carbonyl (C=O) groups excluding carboxylic acids is 2. The Morgan fingerprint density at radius 2 is 1.79 bits per heavy atom. The number of ether oxygens (including phenoxy) is 1. The Hall–Kier alpha value is -3.83. The molecule has 0 bridgehead atoms. The molecule has 0 spiro atoms. The van der Waals surface area contributed by atoms with Crippen LogP contribution in [0.5, 0.6) is 11.5 Å². The normalized spacial score (nSPS) is 24.5. The lowest BCUT2D eigenvalue weighted by molar-refractivity contribution is -0.124. The Bertz CT molecular complexity index is 1570. The van der Waals surface area contributed by atoms with E-state index in [1.165, 1.54) is 17.5 Å². The number of amides is 1. The molecule has 2 aliphatic carbocycles. The number of ketones is 1. The number of thiophene rings is 1. The van der Waals surface area contributed by atoms with Gasteiger partial charge in [-0.3, -0.25) is 14.6 Å². The highest BCUT2D eigenvalue weighted by molar-refractivity contribution is 7.21. The highest BCUT2D eigenvalue weighted by Crippen LogP contribution is 2.49. The van der Waals surface area contributed by atoms with Crippen molar-refractivity contribution in [3.05, 3.63) is 82.5 Å². The maximum absolute atomic E-state index is 13.9. The third-order valence-corrected chi connectivity index (χ3v) is 9.03. The zero-order chi connectivity index (χ0) is 27.3. The number of para-hydroxylation sites is 1. The molecule has 6 rings (SSSR count). The average Bonchev–Trinajstić information content (AvgIpc) is 3.35. The Labute approximate surface area is 229 Å². The third-order valence-electron chi connectivity index (χ3n) is 7.77. The van der Waals surface area contributed by atoms with Crippen LogP contribution in [0.4, 0.5) is 5.69 Å². The van der Waals surface area contributed by atoms with Gasteiger partial charge in [-0.1, -0.05) is 37.1 Å². The van der Waals surface area contributed by atoms with Crippen molar-refractivity contribution in [1.82, 2.24) is 10.3 Å². The molecule has 4 atom stereocenters. The first-order valence-electron chi connectivity index (χ1n) is 13.0. The molecule has 0 radical (unpaired) electrons. The fourth-order valence-electron chi connectivity index (χ4n) is 5.69. The first-order valence-corrected chi connectivity index (χ1v) is 13.8. The van der Waals surface area contributed by atoms with Crippen molar-refractivity contribution in [3.8, 4) is 11.5 Å². The van der Waals surface area contributed by atoms with Crippen molar-refractivity contribution < 1.29 is 14.3 Å². The summed E-state index contributed by atoms with van der Waals surface area (Å²) >= 11 is 1.23. The summed E-state index contributed by atoms with van der Waals surface area (Å²) in [6.07, 6.45) is 5.25. The van der Waals surface area contributed by atoms with E-state index in [0.717, 1.165) is 25.7 Å². The summed E-state index contributed by atoms with van der Waals surface area (Å²) < 4.78 is 6.52. The lowest BCUT2D eigenvalue weighted by Crippen LogP contribution is -2.53. The number of nitrogens with one attached hydrogen (secondary N) is 1. The van der Waals surface area contributed by atoms with Crippen LogP contribution in [0.15, 0.2) is 60.8 Å². The molecule has 9 N–H and O–H groups in total. The lowest BCUT2D eigenvalue weighted by Gasteiger charge is -2.36. The predicted octanol–water partition coefficient (Wildman–Crippen LogP) is 3.46. The second kappa shape index (κ2) is 9.73. The number of pyridine rings is 1. The summed E-state index contributed by atoms with van der Waals surface area (Å²) in [5.41, 5.74) is 26.2. The number of nitrogens with zero attached hydrogens (tertiary/aromatic N) is 1. The third kappa shape index (κ3) is 4.16. The molecular weight excluding hydrogens is 512 g/mol. The van der Waals surface area contributed by atoms with E-state index in [9.17, 15) is 9.59 Å². The minimum Gasteiger partial charge on any atom is -0.456 e. The van der Waals surface area contributed by atoms with Gasteiger partial charge in [-0.2, -0.15) is 0 Å². The van der Waals surface area contributed by atoms with Gasteiger partial charge in [0.25, 0.3) is 5.91 Å². The summed E-state index contributed by atoms with van der Waals surface area (Å²) in [5, 5.41) is 3.72. The number of hydrogen-bond donors (Lipinski definition) is 5. The van der Waals surface area contributed by atoms with Gasteiger partial charge in [0.15, 0.2) is 5.78 Å². The first kappa shape index (κ1) is 25.4. The van der Waals surface area contributed by atoms with E-state index in [1.54, 1.807) is 24.3 Å². The minimum absolute atomic E-state index is 0.110. The van der Waals surface area contributed by atoms with Crippen LogP contribution >= 0.6 is 11.3 Å². The van der Waals surface area contributed by atoms with Gasteiger partial charge in [-0.15, -0.1) is 11.3 Å². The van der Waals surface area contributed by atoms with Crippen molar-refractivity contribution >= 4 is 38.8 Å². The molecule has 10 heteroatoms. The molecule has 2 unspecified atom stereocenters. The molecule has 0 aliphatic heterocycles. The number of aromatic nitrogens is 1. The molecule has 2 aliphatic rings. The molecule has 0 saturated heterocycles. The zero-order valence-corrected chi connectivity index (χ0v) is 22.0. The summed E-state index contributed by atoms with van der Waals surface area (Å²) in [7, 11) is 0. The molecule has 39 heavy (non-hydrogen) atoms. The summed E-state index contributed by atoms with van der Waals surface area (Å²) in [5.74, 6) is 0.410. The van der Waals surface area contributed by atoms with Crippen LogP contribution in [0.2, 0.25) is 0 Å². The molecule has 1 saturated carbocycles. The van der Waals surface area contributed by atoms with Gasteiger partial charge in [0, 0.05) is 28.7 Å². The summed E-state index contributed by atoms with van der Waals surface area (Å²) in [6, 6.07) is 14.7. The molecule has 2 heterocycles. The van der Waals surface area contributed by atoms with Gasteiger partial charge in [0.2, 0.25) is 0 Å². The van der Waals surface area contributed by atoms with Crippen LogP contribution in [0.25, 0.3) is 10.1 Å². The monoisotopic (exact) mass is 542 g/mol. The van der Waals surface area contributed by atoms with E-state index in [4.69, 9.17) is 27.7 Å². The summed E-state index contributed by atoms with van der Waals surface area (Å²) in [6.45, 7) is 0. The van der Waals surface area contributed by atoms with Gasteiger partial charge in [0.1, 0.15) is 17.0 Å². The molecule has 1 amide bonds. The summed E-state index contributed by atoms with van der Waals surface area (Å²) in [4.78, 5) is 32.3. The van der Waals surface area contributed by atoms with Crippen molar-refractivity contribution in [2.45, 2.75) is 49.3 Å². The van der Waals surface area contributed by atoms with Crippen molar-refractivity contribution in [2.24, 2.45) is 17.2 Å². The Morgan fingerprint density at radius 3 is 2.51 bits per heavy atom. The number of carbonyl (C=O) groups is 2. The number of Topliss-reactive ketones (excluding diaryl/α,β-unsaturated/α-hetero) is 1. The molecule has 4 aromatic rings. The smallest absolute Gasteiger partial charge is 0.262 e. The SMILES string of the molecule is Nc1ccc2c3c(c(C(=O)N[C@@H]4CCCC[C@@H]4N)sc13)C(N)C(=O)C2(N)c1ccc(Oc2ccccc2)cn1. The van der Waals surface area contributed by atoms with Crippen LogP contribution in [0.3, 0.4) is 0 Å². The molecule has 200 valence electrons. The van der Waals surface area contributed by atoms with Crippen LogP contribution in [0.1, 0.15) is 58.2 Å². The van der Waals surface area contributed by atoms with Crippen molar-refractivity contribution in [1.29, 1.82) is 0 Å². The number of anilines is 1. The van der Waals surface area contributed by atoms with Gasteiger partial charge >= 0.3 is 0 Å². The van der Waals surface area contributed by atoms with E-state index >= 15 is 0 Å². The molecular formula is C29H30N6O3S. The number of rotatable bonds is 5. The fraction of sp³-hybridized carbons (Fsp3) is 0.276. The van der Waals surface area contributed by atoms with Crippen LogP contribution in [-0.2, 0) is 10.3 Å². The maximum atomic E-state index is 13.9. The van der Waals surface area contributed by atoms with Gasteiger partial charge in [-0.05, 0) is 48.7 Å². The predicted molar refractivity (Wildman–Crippen MR) is 152 cm³/mol. The van der Waals surface area contributed by atoms with Crippen LogP contribution in [-0.4, -0.2) is 28.8 Å². The van der Waals surface area contributed by atoms with Gasteiger partial charge in [0.05, 0.1) is 27.5 Å². The van der Waals surface area contributed by atoms with Gasteiger partial charge in [-0.25, -0.2) is 0 Å². The van der Waals surface area contributed by atoms with E-state index < -0.39 is 17.4 Å². The van der Waals surface area contributed by atoms with Crippen LogP contribution < -0.4 is 33.0 Å². The minimum atomic E-state index is -1.63. The van der Waals surface area contributed by atoms with Crippen LogP contribution in [0, 0.1) is 0 Å². The highest BCUT2D eigenvalue weighted by Gasteiger charge is 2.49. The van der Waals surface area contributed by atoms with E-state index in [2.05, 4.69) is 10.3 Å². The Morgan fingerprint density at radius 1 is 1.03 bits per heavy atom. The topological polar surface area (TPSA) is 172 Å². The fourth-order valence-corrected chi connectivity index (χ4v) is 6.89. The van der Waals surface area contributed by atoms with E-state index in [1.807, 2.05) is 30.3 Å². The number of hydrogen-bond acceptors (Lipinski definition) is 9. The Balaban J connectivity index is 1.41.